The lowest BCUT2D eigenvalue weighted by Gasteiger charge is -2.17. The predicted molar refractivity (Wildman–Crippen MR) is 69.0 cm³/mol. The van der Waals surface area contributed by atoms with Crippen molar-refractivity contribution in [3.8, 4) is 0 Å². The molecule has 3 nitrogen and oxygen atoms in total. The molecule has 1 amide bonds. The van der Waals surface area contributed by atoms with Crippen molar-refractivity contribution in [3.05, 3.63) is 35.9 Å². The number of hydrogen-bond acceptors (Lipinski definition) is 2. The van der Waals surface area contributed by atoms with Gasteiger partial charge in [-0.15, -0.1) is 0 Å². The van der Waals surface area contributed by atoms with Crippen molar-refractivity contribution >= 4 is 5.91 Å². The van der Waals surface area contributed by atoms with E-state index in [9.17, 15) is 18.0 Å². The fourth-order valence-corrected chi connectivity index (χ4v) is 2.49. The van der Waals surface area contributed by atoms with Crippen LogP contribution in [0.3, 0.4) is 0 Å². The first-order valence-electron chi connectivity index (χ1n) is 6.52. The van der Waals surface area contributed by atoms with E-state index in [1.54, 1.807) is 0 Å². The van der Waals surface area contributed by atoms with Crippen molar-refractivity contribution in [3.63, 3.8) is 0 Å². The smallest absolute Gasteiger partial charge is 0.340 e. The number of nitrogens with two attached hydrogens (primary N) is 1. The van der Waals surface area contributed by atoms with Crippen molar-refractivity contribution in [2.75, 3.05) is 13.1 Å². The van der Waals surface area contributed by atoms with E-state index in [1.165, 1.54) is 4.90 Å². The van der Waals surface area contributed by atoms with Crippen LogP contribution in [0.5, 0.6) is 0 Å². The molecule has 1 aromatic carbocycles. The van der Waals surface area contributed by atoms with E-state index in [-0.39, 0.29) is 12.0 Å². The Morgan fingerprint density at radius 3 is 2.50 bits per heavy atom. The van der Waals surface area contributed by atoms with Gasteiger partial charge in [0, 0.05) is 31.5 Å². The molecule has 2 atom stereocenters. The Kier molecular flexibility index (Phi) is 4.32. The molecule has 0 unspecified atom stereocenters. The van der Waals surface area contributed by atoms with Crippen LogP contribution in [0.4, 0.5) is 13.2 Å². The molecule has 1 aliphatic rings. The minimum atomic E-state index is -4.30. The summed E-state index contributed by atoms with van der Waals surface area (Å²) in [4.78, 5) is 13.2. The van der Waals surface area contributed by atoms with Crippen LogP contribution in [0.2, 0.25) is 0 Å². The summed E-state index contributed by atoms with van der Waals surface area (Å²) in [5, 5.41) is 0. The molecule has 0 bridgehead atoms. The zero-order valence-electron chi connectivity index (χ0n) is 10.9. The van der Waals surface area contributed by atoms with Crippen LogP contribution < -0.4 is 5.73 Å². The third kappa shape index (κ3) is 3.72. The van der Waals surface area contributed by atoms with E-state index in [1.807, 2.05) is 30.3 Å². The first-order chi connectivity index (χ1) is 9.37. The van der Waals surface area contributed by atoms with Crippen LogP contribution in [0.1, 0.15) is 24.3 Å². The van der Waals surface area contributed by atoms with E-state index in [0.717, 1.165) is 5.56 Å². The highest BCUT2D eigenvalue weighted by molar-refractivity contribution is 5.76. The zero-order valence-corrected chi connectivity index (χ0v) is 10.9. The number of likely N-dealkylation sites (tertiary alicyclic amines) is 1. The second-order valence-corrected chi connectivity index (χ2v) is 5.09. The Labute approximate surface area is 115 Å². The molecule has 2 rings (SSSR count). The van der Waals surface area contributed by atoms with Crippen molar-refractivity contribution in [1.29, 1.82) is 0 Å². The molecule has 1 aromatic rings. The van der Waals surface area contributed by atoms with Gasteiger partial charge in [-0.2, -0.15) is 13.2 Å². The standard InChI is InChI=1S/C14H17F3N2O/c15-14(16,17)7-6-13(20)19-8-11(12(18)9-19)10-4-2-1-3-5-10/h1-5,11-12H,6-9,18H2/t11-,12+/m0/s1. The average Bonchev–Trinajstić information content (AvgIpc) is 2.78. The van der Waals surface area contributed by atoms with Crippen molar-refractivity contribution in [1.82, 2.24) is 4.90 Å². The Morgan fingerprint density at radius 2 is 1.90 bits per heavy atom. The SMILES string of the molecule is N[C@@H]1CN(C(=O)CCC(F)(F)F)C[C@H]1c1ccccc1. The Hall–Kier alpha value is -1.56. The highest BCUT2D eigenvalue weighted by Crippen LogP contribution is 2.28. The van der Waals surface area contributed by atoms with Gasteiger partial charge in [0.15, 0.2) is 0 Å². The summed E-state index contributed by atoms with van der Waals surface area (Å²) in [6, 6.07) is 9.28. The summed E-state index contributed by atoms with van der Waals surface area (Å²) in [6.45, 7) is 0.706. The maximum Gasteiger partial charge on any atom is 0.389 e. The number of amides is 1. The highest BCUT2D eigenvalue weighted by atomic mass is 19.4. The number of benzene rings is 1. The van der Waals surface area contributed by atoms with Crippen LogP contribution in [0, 0.1) is 0 Å². The van der Waals surface area contributed by atoms with Crippen LogP contribution in [-0.4, -0.2) is 36.1 Å². The monoisotopic (exact) mass is 286 g/mol. The lowest BCUT2D eigenvalue weighted by atomic mass is 9.95. The van der Waals surface area contributed by atoms with E-state index in [2.05, 4.69) is 0 Å². The second-order valence-electron chi connectivity index (χ2n) is 5.09. The molecule has 1 heterocycles. The highest BCUT2D eigenvalue weighted by Gasteiger charge is 2.35. The molecule has 1 aliphatic heterocycles. The van der Waals surface area contributed by atoms with Gasteiger partial charge in [0.25, 0.3) is 0 Å². The summed E-state index contributed by atoms with van der Waals surface area (Å²) in [6.07, 6.45) is -5.87. The summed E-state index contributed by atoms with van der Waals surface area (Å²) in [5.74, 6) is -0.484. The number of nitrogens with zero attached hydrogens (tertiary/aromatic N) is 1. The topological polar surface area (TPSA) is 46.3 Å². The Morgan fingerprint density at radius 1 is 1.25 bits per heavy atom. The van der Waals surface area contributed by atoms with Gasteiger partial charge in [-0.25, -0.2) is 0 Å². The lowest BCUT2D eigenvalue weighted by Crippen LogP contribution is -2.32. The lowest BCUT2D eigenvalue weighted by molar-refractivity contribution is -0.148. The van der Waals surface area contributed by atoms with E-state index < -0.39 is 24.9 Å². The molecule has 1 saturated heterocycles. The summed E-state index contributed by atoms with van der Waals surface area (Å²) < 4.78 is 36.4. The van der Waals surface area contributed by atoms with Crippen LogP contribution in [0.25, 0.3) is 0 Å². The third-order valence-corrected chi connectivity index (χ3v) is 3.57. The number of carbonyl (C=O) groups is 1. The molecular weight excluding hydrogens is 269 g/mol. The van der Waals surface area contributed by atoms with Crippen LogP contribution in [0.15, 0.2) is 30.3 Å². The fraction of sp³-hybridized carbons (Fsp3) is 0.500. The molecule has 1 fully saturated rings. The Bertz CT molecular complexity index is 461. The quantitative estimate of drug-likeness (QED) is 0.926. The van der Waals surface area contributed by atoms with Gasteiger partial charge in [0.2, 0.25) is 5.91 Å². The molecule has 0 aliphatic carbocycles. The van der Waals surface area contributed by atoms with Crippen LogP contribution in [-0.2, 0) is 4.79 Å². The molecule has 20 heavy (non-hydrogen) atoms. The van der Waals surface area contributed by atoms with Crippen molar-refractivity contribution < 1.29 is 18.0 Å². The number of carbonyl (C=O) groups excluding carboxylic acids is 1. The van der Waals surface area contributed by atoms with Gasteiger partial charge in [0.1, 0.15) is 0 Å². The van der Waals surface area contributed by atoms with Crippen molar-refractivity contribution in [2.45, 2.75) is 31.0 Å². The molecule has 0 radical (unpaired) electrons. The molecule has 0 spiro atoms. The third-order valence-electron chi connectivity index (χ3n) is 3.57. The number of halogens is 3. The number of alkyl halides is 3. The second kappa shape index (κ2) is 5.83. The molecule has 6 heteroatoms. The maximum atomic E-state index is 12.1. The number of rotatable bonds is 3. The van der Waals surface area contributed by atoms with E-state index in [4.69, 9.17) is 5.73 Å². The molecular formula is C14H17F3N2O. The minimum absolute atomic E-state index is 0.00830. The normalized spacial score (nSPS) is 23.1. The predicted octanol–water partition coefficient (Wildman–Crippen LogP) is 2.28. The zero-order chi connectivity index (χ0) is 14.8. The van der Waals surface area contributed by atoms with Gasteiger partial charge < -0.3 is 10.6 Å². The maximum absolute atomic E-state index is 12.1. The van der Waals surface area contributed by atoms with E-state index in [0.29, 0.717) is 13.1 Å². The molecule has 0 aromatic heterocycles. The number of hydrogen-bond donors (Lipinski definition) is 1. The first kappa shape index (κ1) is 14.8. The first-order valence-corrected chi connectivity index (χ1v) is 6.52. The molecule has 0 saturated carbocycles. The van der Waals surface area contributed by atoms with Gasteiger partial charge in [0.05, 0.1) is 6.42 Å². The summed E-state index contributed by atoms with van der Waals surface area (Å²) >= 11 is 0. The van der Waals surface area contributed by atoms with Gasteiger partial charge in [-0.3, -0.25) is 4.79 Å². The van der Waals surface area contributed by atoms with E-state index >= 15 is 0 Å². The molecule has 110 valence electrons. The summed E-state index contributed by atoms with van der Waals surface area (Å²) in [7, 11) is 0. The Balaban J connectivity index is 1.95. The average molecular weight is 286 g/mol. The van der Waals surface area contributed by atoms with Gasteiger partial charge >= 0.3 is 6.18 Å². The largest absolute Gasteiger partial charge is 0.389 e. The fourth-order valence-electron chi connectivity index (χ4n) is 2.49. The minimum Gasteiger partial charge on any atom is -0.340 e. The summed E-state index contributed by atoms with van der Waals surface area (Å²) in [5.41, 5.74) is 7.02. The van der Waals surface area contributed by atoms with Gasteiger partial charge in [-0.05, 0) is 5.56 Å². The van der Waals surface area contributed by atoms with Gasteiger partial charge in [-0.1, -0.05) is 30.3 Å². The molecule has 2 N–H and O–H groups in total. The van der Waals surface area contributed by atoms with Crippen molar-refractivity contribution in [2.24, 2.45) is 5.73 Å². The van der Waals surface area contributed by atoms with Crippen LogP contribution >= 0.6 is 0 Å².